The van der Waals surface area contributed by atoms with Gasteiger partial charge in [0, 0.05) is 0 Å². The maximum Gasteiger partial charge on any atom is 0.308 e. The number of methoxy groups -OCH3 is 1. The van der Waals surface area contributed by atoms with E-state index in [1.54, 1.807) is 0 Å². The second kappa shape index (κ2) is 5.81. The molecular formula is C10H18O2. The average Bonchev–Trinajstić information content (AvgIpc) is 2.02. The SMILES string of the molecule is COC(=O)C(C)CCC=C(C)C. The summed E-state index contributed by atoms with van der Waals surface area (Å²) < 4.78 is 4.61. The first-order valence-corrected chi connectivity index (χ1v) is 4.29. The van der Waals surface area contributed by atoms with E-state index >= 15 is 0 Å². The Hall–Kier alpha value is -0.790. The molecular weight excluding hydrogens is 152 g/mol. The molecule has 0 amide bonds. The molecule has 2 heteroatoms. The maximum absolute atomic E-state index is 10.9. The standard InChI is InChI=1S/C10H18O2/c1-8(2)6-5-7-9(3)10(11)12-4/h6,9H,5,7H2,1-4H3. The van der Waals surface area contributed by atoms with Gasteiger partial charge in [0.2, 0.25) is 0 Å². The first-order chi connectivity index (χ1) is 5.57. The summed E-state index contributed by atoms with van der Waals surface area (Å²) in [6.07, 6.45) is 3.97. The third-order valence-corrected chi connectivity index (χ3v) is 1.76. The van der Waals surface area contributed by atoms with Gasteiger partial charge in [-0.05, 0) is 26.7 Å². The summed E-state index contributed by atoms with van der Waals surface area (Å²) in [4.78, 5) is 10.9. The number of esters is 1. The Morgan fingerprint density at radius 3 is 2.50 bits per heavy atom. The van der Waals surface area contributed by atoms with Gasteiger partial charge < -0.3 is 4.74 Å². The molecule has 0 aliphatic carbocycles. The smallest absolute Gasteiger partial charge is 0.308 e. The molecule has 0 aromatic heterocycles. The molecule has 0 aliphatic heterocycles. The van der Waals surface area contributed by atoms with Crippen molar-refractivity contribution in [1.82, 2.24) is 0 Å². The lowest BCUT2D eigenvalue weighted by Gasteiger charge is -2.06. The predicted octanol–water partition coefficient (Wildman–Crippen LogP) is 2.54. The van der Waals surface area contributed by atoms with E-state index in [4.69, 9.17) is 0 Å². The van der Waals surface area contributed by atoms with Gasteiger partial charge in [-0.1, -0.05) is 18.6 Å². The van der Waals surface area contributed by atoms with Crippen LogP contribution in [0.5, 0.6) is 0 Å². The highest BCUT2D eigenvalue weighted by Crippen LogP contribution is 2.08. The molecule has 70 valence electrons. The molecule has 0 bridgehead atoms. The highest BCUT2D eigenvalue weighted by atomic mass is 16.5. The highest BCUT2D eigenvalue weighted by Gasteiger charge is 2.10. The van der Waals surface area contributed by atoms with E-state index in [9.17, 15) is 4.79 Å². The minimum absolute atomic E-state index is 0.0191. The van der Waals surface area contributed by atoms with Gasteiger partial charge in [0.15, 0.2) is 0 Å². The van der Waals surface area contributed by atoms with E-state index in [0.717, 1.165) is 12.8 Å². The number of carbonyl (C=O) groups excluding carboxylic acids is 1. The van der Waals surface area contributed by atoms with E-state index in [-0.39, 0.29) is 11.9 Å². The van der Waals surface area contributed by atoms with E-state index in [0.29, 0.717) is 0 Å². The van der Waals surface area contributed by atoms with Gasteiger partial charge in [-0.25, -0.2) is 0 Å². The Kier molecular flexibility index (Phi) is 5.43. The van der Waals surface area contributed by atoms with E-state index in [1.807, 2.05) is 6.92 Å². The van der Waals surface area contributed by atoms with Gasteiger partial charge in [0.1, 0.15) is 0 Å². The fourth-order valence-corrected chi connectivity index (χ4v) is 0.941. The number of ether oxygens (including phenoxy) is 1. The predicted molar refractivity (Wildman–Crippen MR) is 49.8 cm³/mol. The van der Waals surface area contributed by atoms with Crippen LogP contribution in [-0.2, 0) is 9.53 Å². The van der Waals surface area contributed by atoms with Crippen molar-refractivity contribution >= 4 is 5.97 Å². The van der Waals surface area contributed by atoms with Gasteiger partial charge >= 0.3 is 5.97 Å². The van der Waals surface area contributed by atoms with Crippen LogP contribution in [0, 0.1) is 5.92 Å². The van der Waals surface area contributed by atoms with Crippen molar-refractivity contribution in [2.75, 3.05) is 7.11 Å². The van der Waals surface area contributed by atoms with Crippen molar-refractivity contribution in [3.63, 3.8) is 0 Å². The second-order valence-electron chi connectivity index (χ2n) is 3.28. The molecule has 0 saturated carbocycles. The van der Waals surface area contributed by atoms with Crippen molar-refractivity contribution in [3.8, 4) is 0 Å². The van der Waals surface area contributed by atoms with Crippen LogP contribution in [0.4, 0.5) is 0 Å². The van der Waals surface area contributed by atoms with Crippen molar-refractivity contribution in [1.29, 1.82) is 0 Å². The van der Waals surface area contributed by atoms with Crippen molar-refractivity contribution < 1.29 is 9.53 Å². The summed E-state index contributed by atoms with van der Waals surface area (Å²) in [6.45, 7) is 6.01. The van der Waals surface area contributed by atoms with Gasteiger partial charge in [0.25, 0.3) is 0 Å². The molecule has 0 aromatic carbocycles. The molecule has 0 spiro atoms. The molecule has 1 atom stereocenters. The lowest BCUT2D eigenvalue weighted by atomic mass is 10.1. The Labute approximate surface area is 74.6 Å². The van der Waals surface area contributed by atoms with Crippen molar-refractivity contribution in [2.45, 2.75) is 33.6 Å². The number of hydrogen-bond acceptors (Lipinski definition) is 2. The van der Waals surface area contributed by atoms with Crippen LogP contribution in [0.25, 0.3) is 0 Å². The van der Waals surface area contributed by atoms with Gasteiger partial charge in [-0.2, -0.15) is 0 Å². The monoisotopic (exact) mass is 170 g/mol. The molecule has 0 saturated heterocycles. The second-order valence-corrected chi connectivity index (χ2v) is 3.28. The Morgan fingerprint density at radius 1 is 1.50 bits per heavy atom. The highest BCUT2D eigenvalue weighted by molar-refractivity contribution is 5.71. The van der Waals surface area contributed by atoms with Crippen LogP contribution < -0.4 is 0 Å². The summed E-state index contributed by atoms with van der Waals surface area (Å²) in [5.41, 5.74) is 1.30. The minimum atomic E-state index is -0.114. The molecule has 0 radical (unpaired) electrons. The number of carbonyl (C=O) groups is 1. The fraction of sp³-hybridized carbons (Fsp3) is 0.700. The van der Waals surface area contributed by atoms with E-state index in [1.165, 1.54) is 12.7 Å². The lowest BCUT2D eigenvalue weighted by Crippen LogP contribution is -2.11. The number of hydrogen-bond donors (Lipinski definition) is 0. The molecule has 2 nitrogen and oxygen atoms in total. The zero-order chi connectivity index (χ0) is 9.56. The first kappa shape index (κ1) is 11.2. The zero-order valence-corrected chi connectivity index (χ0v) is 8.39. The van der Waals surface area contributed by atoms with E-state index < -0.39 is 0 Å². The summed E-state index contributed by atoms with van der Waals surface area (Å²) >= 11 is 0. The van der Waals surface area contributed by atoms with Crippen molar-refractivity contribution in [3.05, 3.63) is 11.6 Å². The lowest BCUT2D eigenvalue weighted by molar-refractivity contribution is -0.144. The van der Waals surface area contributed by atoms with Crippen LogP contribution in [0.1, 0.15) is 33.6 Å². The quantitative estimate of drug-likeness (QED) is 0.478. The zero-order valence-electron chi connectivity index (χ0n) is 8.39. The third-order valence-electron chi connectivity index (χ3n) is 1.76. The van der Waals surface area contributed by atoms with Crippen LogP contribution in [0.2, 0.25) is 0 Å². The third kappa shape index (κ3) is 4.94. The number of allylic oxidation sites excluding steroid dienone is 2. The minimum Gasteiger partial charge on any atom is -0.469 e. The molecule has 0 aliphatic rings. The normalized spacial score (nSPS) is 12.0. The van der Waals surface area contributed by atoms with Crippen LogP contribution in [0.15, 0.2) is 11.6 Å². The Bertz CT molecular complexity index is 167. The summed E-state index contributed by atoms with van der Waals surface area (Å²) in [7, 11) is 1.43. The molecule has 0 rings (SSSR count). The topological polar surface area (TPSA) is 26.3 Å². The van der Waals surface area contributed by atoms with Gasteiger partial charge in [0.05, 0.1) is 13.0 Å². The average molecular weight is 170 g/mol. The summed E-state index contributed by atoms with van der Waals surface area (Å²) in [6, 6.07) is 0. The van der Waals surface area contributed by atoms with Crippen LogP contribution in [0.3, 0.4) is 0 Å². The first-order valence-electron chi connectivity index (χ1n) is 4.29. The Morgan fingerprint density at radius 2 is 2.08 bits per heavy atom. The molecule has 0 heterocycles. The molecule has 12 heavy (non-hydrogen) atoms. The molecule has 0 fully saturated rings. The Balaban J connectivity index is 3.64. The molecule has 1 unspecified atom stereocenters. The maximum atomic E-state index is 10.9. The summed E-state index contributed by atoms with van der Waals surface area (Å²) in [5.74, 6) is -0.0947. The number of rotatable bonds is 4. The van der Waals surface area contributed by atoms with Crippen molar-refractivity contribution in [2.24, 2.45) is 5.92 Å². The van der Waals surface area contributed by atoms with Gasteiger partial charge in [-0.3, -0.25) is 4.79 Å². The van der Waals surface area contributed by atoms with E-state index in [2.05, 4.69) is 24.7 Å². The fourth-order valence-electron chi connectivity index (χ4n) is 0.941. The summed E-state index contributed by atoms with van der Waals surface area (Å²) in [5, 5.41) is 0. The molecule has 0 aromatic rings. The van der Waals surface area contributed by atoms with Gasteiger partial charge in [-0.15, -0.1) is 0 Å². The molecule has 0 N–H and O–H groups in total. The van der Waals surface area contributed by atoms with Crippen LogP contribution >= 0.6 is 0 Å². The van der Waals surface area contributed by atoms with Crippen LogP contribution in [-0.4, -0.2) is 13.1 Å². The largest absolute Gasteiger partial charge is 0.469 e.